The maximum atomic E-state index is 14.7. The van der Waals surface area contributed by atoms with Gasteiger partial charge in [-0.3, -0.25) is 4.79 Å². The summed E-state index contributed by atoms with van der Waals surface area (Å²) in [5.41, 5.74) is 3.77. The zero-order valence-electron chi connectivity index (χ0n) is 21.9. The SMILES string of the molecule is COC(=O)C1=C(C(=O)OC)[C@H]2C=C[C@H]1[C@@H]1[C@H]2[C@@H]2[C@@H]1[C@@]1(C)C(=O)[C@@]2(C)C(c2ccccc2)=C1c1ccccc1. The van der Waals surface area contributed by atoms with Crippen LogP contribution in [0.3, 0.4) is 0 Å². The Labute approximate surface area is 222 Å². The zero-order chi connectivity index (χ0) is 26.6. The molecule has 0 spiro atoms. The Morgan fingerprint density at radius 3 is 1.37 bits per heavy atom. The van der Waals surface area contributed by atoms with Crippen molar-refractivity contribution in [3.63, 3.8) is 0 Å². The van der Waals surface area contributed by atoms with Crippen molar-refractivity contribution in [1.82, 2.24) is 0 Å². The van der Waals surface area contributed by atoms with Crippen molar-refractivity contribution in [3.05, 3.63) is 95.1 Å². The van der Waals surface area contributed by atoms with Gasteiger partial charge in [0, 0.05) is 11.8 Å². The van der Waals surface area contributed by atoms with Gasteiger partial charge in [-0.05, 0) is 59.8 Å². The first-order chi connectivity index (χ1) is 18.3. The summed E-state index contributed by atoms with van der Waals surface area (Å²) in [5.74, 6) is -1.01. The third-order valence-electron chi connectivity index (χ3n) is 10.5. The number of benzene rings is 2. The molecule has 2 aromatic carbocycles. The van der Waals surface area contributed by atoms with Gasteiger partial charge in [-0.1, -0.05) is 72.8 Å². The zero-order valence-corrected chi connectivity index (χ0v) is 21.9. The molecule has 6 aliphatic rings. The van der Waals surface area contributed by atoms with Crippen LogP contribution in [-0.4, -0.2) is 31.9 Å². The van der Waals surface area contributed by atoms with Gasteiger partial charge >= 0.3 is 11.9 Å². The Bertz CT molecular complexity index is 1390. The normalized spacial score (nSPS) is 37.6. The molecule has 6 aliphatic carbocycles. The Morgan fingerprint density at radius 1 is 0.658 bits per heavy atom. The molecule has 0 amide bonds. The van der Waals surface area contributed by atoms with Crippen LogP contribution in [0.4, 0.5) is 0 Å². The van der Waals surface area contributed by atoms with Gasteiger partial charge in [0.2, 0.25) is 0 Å². The number of carbonyl (C=O) groups is 3. The Morgan fingerprint density at radius 2 is 1.03 bits per heavy atom. The molecule has 0 saturated heterocycles. The molecule has 0 unspecified atom stereocenters. The fraction of sp³-hybridized carbons (Fsp3) is 0.364. The first kappa shape index (κ1) is 23.4. The molecule has 2 aromatic rings. The molecule has 0 aromatic heterocycles. The summed E-state index contributed by atoms with van der Waals surface area (Å²) < 4.78 is 10.3. The topological polar surface area (TPSA) is 69.7 Å². The molecule has 8 atom stereocenters. The quantitative estimate of drug-likeness (QED) is 0.424. The van der Waals surface area contributed by atoms with Gasteiger partial charge in [0.05, 0.1) is 36.2 Å². The van der Waals surface area contributed by atoms with E-state index in [0.29, 0.717) is 11.1 Å². The van der Waals surface area contributed by atoms with Crippen LogP contribution in [0.2, 0.25) is 0 Å². The van der Waals surface area contributed by atoms with Crippen LogP contribution >= 0.6 is 0 Å². The minimum atomic E-state index is -0.703. The number of allylic oxidation sites excluding steroid dienone is 4. The molecule has 0 radical (unpaired) electrons. The van der Waals surface area contributed by atoms with Crippen LogP contribution in [0.15, 0.2) is 84.0 Å². The summed E-state index contributed by atoms with van der Waals surface area (Å²) in [6.45, 7) is 4.25. The molecular formula is C33H30O5. The first-order valence-electron chi connectivity index (χ1n) is 13.3. The van der Waals surface area contributed by atoms with Crippen molar-refractivity contribution >= 4 is 28.9 Å². The third kappa shape index (κ3) is 2.46. The fourth-order valence-electron chi connectivity index (χ4n) is 9.39. The molecule has 192 valence electrons. The number of esters is 2. The highest BCUT2D eigenvalue weighted by Crippen LogP contribution is 2.83. The van der Waals surface area contributed by atoms with Crippen molar-refractivity contribution in [3.8, 4) is 0 Å². The van der Waals surface area contributed by atoms with Crippen molar-refractivity contribution in [2.24, 2.45) is 46.3 Å². The summed E-state index contributed by atoms with van der Waals surface area (Å²) in [4.78, 5) is 40.8. The molecule has 2 saturated carbocycles. The summed E-state index contributed by atoms with van der Waals surface area (Å²) in [5, 5.41) is 0. The van der Waals surface area contributed by atoms with Crippen LogP contribution in [0.5, 0.6) is 0 Å². The van der Waals surface area contributed by atoms with E-state index >= 15 is 0 Å². The van der Waals surface area contributed by atoms with Crippen molar-refractivity contribution in [2.45, 2.75) is 13.8 Å². The van der Waals surface area contributed by atoms with Gasteiger partial charge in [0.1, 0.15) is 0 Å². The van der Waals surface area contributed by atoms with Crippen LogP contribution in [0, 0.1) is 46.3 Å². The lowest BCUT2D eigenvalue weighted by Gasteiger charge is -2.66. The molecule has 0 aliphatic heterocycles. The second-order valence-corrected chi connectivity index (χ2v) is 11.7. The van der Waals surface area contributed by atoms with Crippen LogP contribution in [-0.2, 0) is 23.9 Å². The number of hydrogen-bond donors (Lipinski definition) is 0. The van der Waals surface area contributed by atoms with E-state index in [9.17, 15) is 14.4 Å². The van der Waals surface area contributed by atoms with Gasteiger partial charge in [-0.2, -0.15) is 0 Å². The largest absolute Gasteiger partial charge is 0.466 e. The minimum Gasteiger partial charge on any atom is -0.466 e. The van der Waals surface area contributed by atoms with Crippen molar-refractivity contribution in [1.29, 1.82) is 0 Å². The second-order valence-electron chi connectivity index (χ2n) is 11.7. The van der Waals surface area contributed by atoms with E-state index < -0.39 is 22.8 Å². The van der Waals surface area contributed by atoms with Crippen molar-refractivity contribution < 1.29 is 23.9 Å². The van der Waals surface area contributed by atoms with E-state index in [1.807, 2.05) is 36.4 Å². The lowest BCUT2D eigenvalue weighted by Crippen LogP contribution is -2.63. The molecule has 8 rings (SSSR count). The van der Waals surface area contributed by atoms with Gasteiger partial charge in [0.25, 0.3) is 0 Å². The highest BCUT2D eigenvalue weighted by molar-refractivity contribution is 6.23. The maximum Gasteiger partial charge on any atom is 0.334 e. The van der Waals surface area contributed by atoms with Crippen LogP contribution in [0.25, 0.3) is 11.1 Å². The third-order valence-corrected chi connectivity index (χ3v) is 10.5. The molecule has 5 heteroatoms. The Hall–Kier alpha value is -3.73. The molecule has 2 fully saturated rings. The number of ether oxygens (including phenoxy) is 2. The highest BCUT2D eigenvalue weighted by atomic mass is 16.5. The maximum absolute atomic E-state index is 14.7. The number of ketones is 1. The van der Waals surface area contributed by atoms with Crippen molar-refractivity contribution in [2.75, 3.05) is 14.2 Å². The Kier molecular flexibility index (Phi) is 4.71. The number of rotatable bonds is 4. The summed E-state index contributed by atoms with van der Waals surface area (Å²) in [6.07, 6.45) is 4.12. The van der Waals surface area contributed by atoms with E-state index in [1.165, 1.54) is 14.2 Å². The van der Waals surface area contributed by atoms with Gasteiger partial charge in [0.15, 0.2) is 5.78 Å². The number of hydrogen-bond acceptors (Lipinski definition) is 5. The van der Waals surface area contributed by atoms with E-state index in [0.717, 1.165) is 22.3 Å². The minimum absolute atomic E-state index is 0.0592. The highest BCUT2D eigenvalue weighted by Gasteiger charge is 2.82. The predicted octanol–water partition coefficient (Wildman–Crippen LogP) is 5.14. The molecule has 0 heterocycles. The predicted molar refractivity (Wildman–Crippen MR) is 142 cm³/mol. The summed E-state index contributed by atoms with van der Waals surface area (Å²) in [7, 11) is 2.70. The average molecular weight is 507 g/mol. The second kappa shape index (κ2) is 7.66. The molecule has 4 bridgehead atoms. The van der Waals surface area contributed by atoms with Crippen LogP contribution in [0.1, 0.15) is 25.0 Å². The Balaban J connectivity index is 1.47. The summed E-state index contributed by atoms with van der Waals surface area (Å²) in [6, 6.07) is 20.5. The number of carbonyl (C=O) groups excluding carboxylic acids is 3. The van der Waals surface area contributed by atoms with E-state index in [2.05, 4.69) is 50.3 Å². The summed E-state index contributed by atoms with van der Waals surface area (Å²) >= 11 is 0. The molecule has 38 heavy (non-hydrogen) atoms. The van der Waals surface area contributed by atoms with E-state index in [1.54, 1.807) is 0 Å². The fourth-order valence-corrected chi connectivity index (χ4v) is 9.39. The standard InChI is InChI=1S/C33H30O5/c1-32-25(17-11-7-5-8-12-17)26(18-13-9-6-10-14-18)33(2,31(32)36)28-22-20-16-15-19(21(22)27(28)32)23(29(34)37-3)24(20)30(35)38-4/h5-16,19-22,27-28H,1-4H3/t19-,20-,21-,22+,27+,28+,32-,33-/m0/s1. The first-order valence-corrected chi connectivity index (χ1v) is 13.3. The molecular weight excluding hydrogens is 476 g/mol. The molecule has 0 N–H and O–H groups in total. The van der Waals surface area contributed by atoms with Gasteiger partial charge in [-0.15, -0.1) is 0 Å². The van der Waals surface area contributed by atoms with E-state index in [-0.39, 0.29) is 41.3 Å². The number of fused-ring (bicyclic) bond motifs is 5. The van der Waals surface area contributed by atoms with Gasteiger partial charge < -0.3 is 9.47 Å². The average Bonchev–Trinajstić information content (AvgIpc) is 3.20. The monoisotopic (exact) mass is 506 g/mol. The lowest BCUT2D eigenvalue weighted by molar-refractivity contribution is -0.149. The number of Topliss-reactive ketones (excluding diaryl/α,β-unsaturated/α-hetero) is 1. The van der Waals surface area contributed by atoms with E-state index in [4.69, 9.17) is 9.47 Å². The van der Waals surface area contributed by atoms with Gasteiger partial charge in [-0.25, -0.2) is 9.59 Å². The van der Waals surface area contributed by atoms with Crippen LogP contribution < -0.4 is 0 Å². The smallest absolute Gasteiger partial charge is 0.334 e. The number of methoxy groups -OCH3 is 2. The molecule has 5 nitrogen and oxygen atoms in total. The lowest BCUT2D eigenvalue weighted by atomic mass is 9.36.